The van der Waals surface area contributed by atoms with Gasteiger partial charge in [-0.05, 0) is 79.7 Å². The van der Waals surface area contributed by atoms with E-state index in [1.807, 2.05) is 37.8 Å². The lowest BCUT2D eigenvalue weighted by atomic mass is 9.93. The molecule has 1 aromatic carbocycles. The number of hydrogen-bond donors (Lipinski definition) is 2. The lowest BCUT2D eigenvalue weighted by Gasteiger charge is -2.35. The fourth-order valence-electron chi connectivity index (χ4n) is 5.73. The third-order valence-electron chi connectivity index (χ3n) is 8.01. The Morgan fingerprint density at radius 2 is 1.82 bits per heavy atom. The van der Waals surface area contributed by atoms with Gasteiger partial charge in [-0.25, -0.2) is 13.4 Å². The predicted octanol–water partition coefficient (Wildman–Crippen LogP) is 4.50. The van der Waals surface area contributed by atoms with Crippen molar-refractivity contribution in [3.63, 3.8) is 0 Å². The normalized spacial score (nSPS) is 21.4. The molecule has 2 aliphatic heterocycles. The molecule has 2 saturated heterocycles. The third kappa shape index (κ3) is 6.15. The van der Waals surface area contributed by atoms with E-state index in [1.54, 1.807) is 24.3 Å². The Bertz CT molecular complexity index is 1290. The van der Waals surface area contributed by atoms with E-state index in [2.05, 4.69) is 15.2 Å². The predicted molar refractivity (Wildman–Crippen MR) is 151 cm³/mol. The van der Waals surface area contributed by atoms with E-state index in [9.17, 15) is 18.3 Å². The van der Waals surface area contributed by atoms with Crippen molar-refractivity contribution in [2.75, 3.05) is 47.0 Å². The molecule has 0 bridgehead atoms. The minimum absolute atomic E-state index is 0.0377. The molecule has 0 radical (unpaired) electrons. The zero-order chi connectivity index (χ0) is 27.1. The number of carbonyl (C=O) groups excluding carboxylic acids is 1. The quantitative estimate of drug-likeness (QED) is 0.556. The molecule has 1 saturated carbocycles. The molecule has 38 heavy (non-hydrogen) atoms. The number of piperidine rings is 2. The van der Waals surface area contributed by atoms with Crippen molar-refractivity contribution in [3.8, 4) is 0 Å². The molecule has 1 amide bonds. The van der Waals surface area contributed by atoms with Gasteiger partial charge < -0.3 is 20.2 Å². The average molecular weight is 541 g/mol. The number of pyridine rings is 1. The van der Waals surface area contributed by atoms with Crippen LogP contribution < -0.4 is 15.1 Å². The van der Waals surface area contributed by atoms with Crippen LogP contribution in [0.25, 0.3) is 0 Å². The van der Waals surface area contributed by atoms with Gasteiger partial charge in [-0.15, -0.1) is 0 Å². The van der Waals surface area contributed by atoms with Crippen molar-refractivity contribution in [2.24, 2.45) is 10.8 Å². The number of aromatic nitrogens is 1. The lowest BCUT2D eigenvalue weighted by molar-refractivity contribution is 0.102. The van der Waals surface area contributed by atoms with Crippen molar-refractivity contribution in [3.05, 3.63) is 42.0 Å². The van der Waals surface area contributed by atoms with Gasteiger partial charge in [0, 0.05) is 26.2 Å². The molecule has 3 heterocycles. The van der Waals surface area contributed by atoms with E-state index in [4.69, 9.17) is 0 Å². The Balaban J connectivity index is 1.42. The van der Waals surface area contributed by atoms with Gasteiger partial charge >= 0.3 is 0 Å². The van der Waals surface area contributed by atoms with Gasteiger partial charge in [-0.1, -0.05) is 26.8 Å². The summed E-state index contributed by atoms with van der Waals surface area (Å²) >= 11 is 0. The number of β-amino-alcohol motifs (C(OH)–C–C–N with tert-alkyl or cyclic N) is 1. The number of sulfone groups is 1. The second-order valence-corrected chi connectivity index (χ2v) is 14.6. The monoisotopic (exact) mass is 540 g/mol. The van der Waals surface area contributed by atoms with Crippen molar-refractivity contribution >= 4 is 33.1 Å². The van der Waals surface area contributed by atoms with Crippen molar-refractivity contribution in [2.45, 2.75) is 70.3 Å². The molecule has 1 spiro atoms. The molecule has 2 aromatic rings. The highest BCUT2D eigenvalue weighted by Crippen LogP contribution is 2.54. The Morgan fingerprint density at radius 1 is 1.08 bits per heavy atom. The van der Waals surface area contributed by atoms with E-state index in [0.717, 1.165) is 51.1 Å². The van der Waals surface area contributed by atoms with Crippen LogP contribution in [0.3, 0.4) is 0 Å². The van der Waals surface area contributed by atoms with Gasteiger partial charge in [-0.3, -0.25) is 4.79 Å². The van der Waals surface area contributed by atoms with E-state index < -0.39 is 9.84 Å². The molecule has 3 fully saturated rings. The molecule has 206 valence electrons. The Kier molecular flexibility index (Phi) is 7.20. The highest BCUT2D eigenvalue weighted by Gasteiger charge is 2.44. The van der Waals surface area contributed by atoms with Crippen LogP contribution in [-0.4, -0.2) is 62.5 Å². The second kappa shape index (κ2) is 10.2. The largest absolute Gasteiger partial charge is 0.391 e. The Hall–Kier alpha value is -2.65. The number of hydrogen-bond acceptors (Lipinski definition) is 7. The summed E-state index contributed by atoms with van der Waals surface area (Å²) in [6, 6.07) is 10.4. The molecule has 1 atom stereocenters. The molecule has 1 aliphatic carbocycles. The second-order valence-electron chi connectivity index (χ2n) is 12.6. The SMILES string of the molecule is CC(C)(C)CS(=O)(=O)c1ccc(C(=O)Nc2cccc(N3CCC[C@H](O)C3)n2)c(N2CCC3(CC2)CC3)c1. The highest BCUT2D eigenvalue weighted by molar-refractivity contribution is 7.91. The summed E-state index contributed by atoms with van der Waals surface area (Å²) in [6.07, 6.45) is 5.98. The summed E-state index contributed by atoms with van der Waals surface area (Å²) in [4.78, 5) is 22.7. The maximum atomic E-state index is 13.6. The van der Waals surface area contributed by atoms with Crippen LogP contribution in [0.1, 0.15) is 69.7 Å². The zero-order valence-electron chi connectivity index (χ0n) is 22.7. The molecule has 1 aromatic heterocycles. The summed E-state index contributed by atoms with van der Waals surface area (Å²) in [6.45, 7) is 8.71. The summed E-state index contributed by atoms with van der Waals surface area (Å²) in [7, 11) is -3.51. The van der Waals surface area contributed by atoms with Crippen molar-refractivity contribution in [1.82, 2.24) is 4.98 Å². The number of nitrogens with zero attached hydrogens (tertiary/aromatic N) is 3. The average Bonchev–Trinajstić information content (AvgIpc) is 3.61. The van der Waals surface area contributed by atoms with Gasteiger partial charge in [0.1, 0.15) is 11.6 Å². The number of aliphatic hydroxyl groups is 1. The fraction of sp³-hybridized carbons (Fsp3) is 0.586. The lowest BCUT2D eigenvalue weighted by Crippen LogP contribution is -2.38. The maximum absolute atomic E-state index is 13.6. The number of anilines is 3. The number of carbonyl (C=O) groups is 1. The first kappa shape index (κ1) is 26.9. The molecule has 5 rings (SSSR count). The summed E-state index contributed by atoms with van der Waals surface area (Å²) < 4.78 is 26.5. The zero-order valence-corrected chi connectivity index (χ0v) is 23.6. The van der Waals surface area contributed by atoms with Crippen LogP contribution in [0.2, 0.25) is 0 Å². The molecule has 2 N–H and O–H groups in total. The van der Waals surface area contributed by atoms with Gasteiger partial charge in [0.05, 0.1) is 28.0 Å². The number of benzene rings is 1. The maximum Gasteiger partial charge on any atom is 0.258 e. The number of nitrogens with one attached hydrogen (secondary N) is 1. The first-order valence-corrected chi connectivity index (χ1v) is 15.4. The van der Waals surface area contributed by atoms with Gasteiger partial charge in [0.25, 0.3) is 5.91 Å². The summed E-state index contributed by atoms with van der Waals surface area (Å²) in [5, 5.41) is 13.0. The van der Waals surface area contributed by atoms with Crippen LogP contribution in [0.4, 0.5) is 17.3 Å². The van der Waals surface area contributed by atoms with Gasteiger partial charge in [0.2, 0.25) is 0 Å². The molecule has 3 aliphatic rings. The Labute approximate surface area is 226 Å². The molecule has 9 heteroatoms. The highest BCUT2D eigenvalue weighted by atomic mass is 32.2. The van der Waals surface area contributed by atoms with E-state index >= 15 is 0 Å². The molecule has 0 unspecified atom stereocenters. The van der Waals surface area contributed by atoms with Crippen LogP contribution in [0.15, 0.2) is 41.3 Å². The first-order valence-electron chi connectivity index (χ1n) is 13.8. The van der Waals surface area contributed by atoms with E-state index in [-0.39, 0.29) is 28.1 Å². The van der Waals surface area contributed by atoms with Crippen LogP contribution in [0, 0.1) is 10.8 Å². The molecular weight excluding hydrogens is 500 g/mol. The number of amides is 1. The van der Waals surface area contributed by atoms with E-state index in [1.165, 1.54) is 12.8 Å². The minimum Gasteiger partial charge on any atom is -0.391 e. The molecular formula is C29H40N4O4S. The van der Waals surface area contributed by atoms with Crippen molar-refractivity contribution in [1.29, 1.82) is 0 Å². The first-order chi connectivity index (χ1) is 17.9. The number of rotatable bonds is 6. The topological polar surface area (TPSA) is 103 Å². The van der Waals surface area contributed by atoms with Gasteiger partial charge in [-0.2, -0.15) is 0 Å². The van der Waals surface area contributed by atoms with E-state index in [0.29, 0.717) is 29.0 Å². The van der Waals surface area contributed by atoms with Gasteiger partial charge in [0.15, 0.2) is 9.84 Å². The number of aliphatic hydroxyl groups excluding tert-OH is 1. The Morgan fingerprint density at radius 3 is 2.47 bits per heavy atom. The standard InChI is InChI=1S/C29H40N4O4S/c1-28(2,3)20-38(36,37)22-9-10-23(24(18-22)32-16-13-29(11-12-29)14-17-32)27(35)31-25-7-4-8-26(30-25)33-15-5-6-21(34)19-33/h4,7-10,18,21,34H,5-6,11-17,19-20H2,1-3H3,(H,30,31,35)/t21-/m0/s1. The third-order valence-corrected chi connectivity index (χ3v) is 10.2. The minimum atomic E-state index is -3.51. The van der Waals surface area contributed by atoms with Crippen LogP contribution >= 0.6 is 0 Å². The van der Waals surface area contributed by atoms with Crippen LogP contribution in [0.5, 0.6) is 0 Å². The van der Waals surface area contributed by atoms with Crippen LogP contribution in [-0.2, 0) is 9.84 Å². The van der Waals surface area contributed by atoms with Crippen molar-refractivity contribution < 1.29 is 18.3 Å². The summed E-state index contributed by atoms with van der Waals surface area (Å²) in [5.41, 5.74) is 1.20. The smallest absolute Gasteiger partial charge is 0.258 e. The summed E-state index contributed by atoms with van der Waals surface area (Å²) in [5.74, 6) is 0.875. The molecule has 8 nitrogen and oxygen atoms in total. The fourth-order valence-corrected chi connectivity index (χ4v) is 7.60.